The average Bonchev–Trinajstić information content (AvgIpc) is 3.29. The molecule has 1 fully saturated rings. The zero-order valence-electron chi connectivity index (χ0n) is 14.2. The third-order valence-electron chi connectivity index (χ3n) is 3.04. The van der Waals surface area contributed by atoms with Crippen molar-refractivity contribution in [1.29, 1.82) is 0 Å². The van der Waals surface area contributed by atoms with Crippen LogP contribution < -0.4 is 0 Å². The highest BCUT2D eigenvalue weighted by Crippen LogP contribution is 2.20. The number of rotatable bonds is 12. The Balaban J connectivity index is 0.000000662. The van der Waals surface area contributed by atoms with E-state index in [1.54, 1.807) is 0 Å². The fourth-order valence-corrected chi connectivity index (χ4v) is 4.63. The lowest BCUT2D eigenvalue weighted by atomic mass is 10.2. The van der Waals surface area contributed by atoms with Gasteiger partial charge in [-0.05, 0) is 27.2 Å². The van der Waals surface area contributed by atoms with Crippen LogP contribution >= 0.6 is 0 Å². The van der Waals surface area contributed by atoms with Gasteiger partial charge in [0, 0.05) is 25.9 Å². The van der Waals surface area contributed by atoms with E-state index in [1.807, 2.05) is 20.8 Å². The van der Waals surface area contributed by atoms with E-state index >= 15 is 0 Å². The number of ether oxygens (including phenoxy) is 1. The van der Waals surface area contributed by atoms with Crippen LogP contribution in [0.4, 0.5) is 0 Å². The van der Waals surface area contributed by atoms with Crippen LogP contribution in [0.3, 0.4) is 0 Å². The minimum atomic E-state index is -2.35. The van der Waals surface area contributed by atoms with Gasteiger partial charge in [0.1, 0.15) is 6.10 Å². The topological polar surface area (TPSA) is 60.5 Å². The second kappa shape index (κ2) is 13.7. The molecule has 1 heterocycles. The summed E-state index contributed by atoms with van der Waals surface area (Å²) >= 11 is 0. The van der Waals surface area contributed by atoms with Crippen LogP contribution in [-0.2, 0) is 18.0 Å². The molecule has 5 nitrogen and oxygen atoms in total. The first-order chi connectivity index (χ1) is 10.2. The van der Waals surface area contributed by atoms with Crippen LogP contribution in [0.1, 0.15) is 53.4 Å². The molecule has 1 rings (SSSR count). The van der Waals surface area contributed by atoms with E-state index in [2.05, 4.69) is 11.7 Å². The summed E-state index contributed by atoms with van der Waals surface area (Å²) in [7, 11) is -2.35. The number of aliphatic hydroxyl groups is 1. The van der Waals surface area contributed by atoms with Gasteiger partial charge in [-0.15, -0.1) is 0 Å². The SMILES string of the molecule is CCCCCC[Si](OCC)(OCC)OCC.OCC1CO1. The minimum absolute atomic E-state index is 0.190. The zero-order chi connectivity index (χ0) is 16.0. The van der Waals surface area contributed by atoms with Gasteiger partial charge in [-0.1, -0.05) is 26.2 Å². The summed E-state index contributed by atoms with van der Waals surface area (Å²) in [5, 5.41) is 8.08. The quantitative estimate of drug-likeness (QED) is 0.340. The molecule has 128 valence electrons. The Labute approximate surface area is 131 Å². The molecule has 1 unspecified atom stereocenters. The van der Waals surface area contributed by atoms with Crippen LogP contribution in [0.2, 0.25) is 6.04 Å². The van der Waals surface area contributed by atoms with Crippen molar-refractivity contribution in [3.05, 3.63) is 0 Å². The molecule has 0 aromatic heterocycles. The van der Waals surface area contributed by atoms with Crippen molar-refractivity contribution in [2.45, 2.75) is 65.5 Å². The molecule has 0 amide bonds. The van der Waals surface area contributed by atoms with Gasteiger partial charge in [0.25, 0.3) is 0 Å². The fourth-order valence-electron chi connectivity index (χ4n) is 1.94. The van der Waals surface area contributed by atoms with Gasteiger partial charge < -0.3 is 23.1 Å². The van der Waals surface area contributed by atoms with Gasteiger partial charge >= 0.3 is 8.80 Å². The van der Waals surface area contributed by atoms with Gasteiger partial charge in [0.15, 0.2) is 0 Å². The molecule has 21 heavy (non-hydrogen) atoms. The Hall–Kier alpha value is 0.0169. The predicted octanol–water partition coefficient (Wildman–Crippen LogP) is 2.99. The molecule has 0 saturated carbocycles. The van der Waals surface area contributed by atoms with E-state index in [0.717, 1.165) is 19.1 Å². The summed E-state index contributed by atoms with van der Waals surface area (Å²) in [6.07, 6.45) is 5.13. The first-order valence-electron chi connectivity index (χ1n) is 8.32. The zero-order valence-corrected chi connectivity index (χ0v) is 15.2. The Morgan fingerprint density at radius 3 is 1.76 bits per heavy atom. The number of hydrogen-bond donors (Lipinski definition) is 1. The molecular weight excluding hydrogens is 288 g/mol. The lowest BCUT2D eigenvalue weighted by molar-refractivity contribution is 0.0706. The van der Waals surface area contributed by atoms with Crippen molar-refractivity contribution < 1.29 is 23.1 Å². The first-order valence-corrected chi connectivity index (χ1v) is 10.2. The molecule has 1 aliphatic heterocycles. The van der Waals surface area contributed by atoms with Crippen molar-refractivity contribution in [3.63, 3.8) is 0 Å². The largest absolute Gasteiger partial charge is 0.500 e. The molecule has 1 atom stereocenters. The van der Waals surface area contributed by atoms with E-state index in [1.165, 1.54) is 19.3 Å². The number of unbranched alkanes of at least 4 members (excludes halogenated alkanes) is 3. The van der Waals surface area contributed by atoms with Crippen LogP contribution in [0.5, 0.6) is 0 Å². The highest BCUT2D eigenvalue weighted by molar-refractivity contribution is 6.60. The van der Waals surface area contributed by atoms with E-state index < -0.39 is 8.80 Å². The van der Waals surface area contributed by atoms with Crippen LogP contribution in [0, 0.1) is 0 Å². The van der Waals surface area contributed by atoms with Crippen LogP contribution in [-0.4, -0.2) is 53.0 Å². The number of epoxide rings is 1. The van der Waals surface area contributed by atoms with Crippen molar-refractivity contribution in [2.24, 2.45) is 0 Å². The van der Waals surface area contributed by atoms with Crippen molar-refractivity contribution in [3.8, 4) is 0 Å². The third-order valence-corrected chi connectivity index (χ3v) is 6.19. The Morgan fingerprint density at radius 2 is 1.48 bits per heavy atom. The monoisotopic (exact) mass is 322 g/mol. The highest BCUT2D eigenvalue weighted by atomic mass is 28.4. The maximum atomic E-state index is 8.08. The minimum Gasteiger partial charge on any atom is -0.394 e. The van der Waals surface area contributed by atoms with E-state index in [4.69, 9.17) is 18.4 Å². The molecule has 0 aromatic carbocycles. The van der Waals surface area contributed by atoms with Gasteiger partial charge in [0.2, 0.25) is 0 Å². The van der Waals surface area contributed by atoms with Crippen molar-refractivity contribution in [2.75, 3.05) is 33.0 Å². The smallest absolute Gasteiger partial charge is 0.394 e. The maximum Gasteiger partial charge on any atom is 0.500 e. The number of hydrogen-bond acceptors (Lipinski definition) is 5. The van der Waals surface area contributed by atoms with Crippen LogP contribution in [0.25, 0.3) is 0 Å². The van der Waals surface area contributed by atoms with E-state index in [9.17, 15) is 0 Å². The highest BCUT2D eigenvalue weighted by Gasteiger charge is 2.39. The molecular formula is C15H34O5Si. The summed E-state index contributed by atoms with van der Waals surface area (Å²) in [5.41, 5.74) is 0. The number of aliphatic hydroxyl groups excluding tert-OH is 1. The molecule has 1 saturated heterocycles. The summed E-state index contributed by atoms with van der Waals surface area (Å²) in [6, 6.07) is 0.961. The normalized spacial score (nSPS) is 17.3. The molecule has 0 radical (unpaired) electrons. The predicted molar refractivity (Wildman–Crippen MR) is 86.4 cm³/mol. The maximum absolute atomic E-state index is 8.08. The van der Waals surface area contributed by atoms with Crippen molar-refractivity contribution in [1.82, 2.24) is 0 Å². The summed E-state index contributed by atoms with van der Waals surface area (Å²) in [5.74, 6) is 0. The third kappa shape index (κ3) is 11.3. The summed E-state index contributed by atoms with van der Waals surface area (Å²) < 4.78 is 22.0. The standard InChI is InChI=1S/C12H28O3Si.C3H6O2/c1-5-9-10-11-12-16(13-6-2,14-7-3)15-8-4;4-1-3-2-5-3/h5-12H2,1-4H3;3-4H,1-2H2. The van der Waals surface area contributed by atoms with E-state index in [-0.39, 0.29) is 12.7 Å². The Bertz CT molecular complexity index is 207. The lowest BCUT2D eigenvalue weighted by Gasteiger charge is -2.28. The molecule has 0 spiro atoms. The average molecular weight is 323 g/mol. The molecule has 0 bridgehead atoms. The molecule has 1 aliphatic rings. The Morgan fingerprint density at radius 1 is 0.952 bits per heavy atom. The van der Waals surface area contributed by atoms with Crippen LogP contribution in [0.15, 0.2) is 0 Å². The second-order valence-corrected chi connectivity index (χ2v) is 7.66. The van der Waals surface area contributed by atoms with E-state index in [0.29, 0.717) is 19.8 Å². The molecule has 0 aliphatic carbocycles. The van der Waals surface area contributed by atoms with Gasteiger partial charge in [-0.25, -0.2) is 0 Å². The summed E-state index contributed by atoms with van der Waals surface area (Å²) in [4.78, 5) is 0. The fraction of sp³-hybridized carbons (Fsp3) is 1.00. The van der Waals surface area contributed by atoms with Gasteiger partial charge in [-0.3, -0.25) is 0 Å². The molecule has 1 N–H and O–H groups in total. The van der Waals surface area contributed by atoms with Gasteiger partial charge in [-0.2, -0.15) is 0 Å². The summed E-state index contributed by atoms with van der Waals surface area (Å²) in [6.45, 7) is 11.2. The lowest BCUT2D eigenvalue weighted by Crippen LogP contribution is -2.45. The van der Waals surface area contributed by atoms with Crippen molar-refractivity contribution >= 4 is 8.80 Å². The molecule has 0 aromatic rings. The Kier molecular flexibility index (Phi) is 13.7. The molecule has 6 heteroatoms. The van der Waals surface area contributed by atoms with Gasteiger partial charge in [0.05, 0.1) is 13.2 Å². The second-order valence-electron chi connectivity index (χ2n) is 4.93. The first kappa shape index (κ1) is 21.0.